The van der Waals surface area contributed by atoms with Crippen LogP contribution in [0.4, 0.5) is 22.0 Å². The summed E-state index contributed by atoms with van der Waals surface area (Å²) >= 11 is 4.28. The fraction of sp³-hybridized carbons (Fsp3) is 0.900. The predicted octanol–water partition coefficient (Wildman–Crippen LogP) is 4.26. The molecule has 0 aromatic rings. The normalized spacial score (nSPS) is 14.4. The highest BCUT2D eigenvalue weighted by molar-refractivity contribution is 6.22. The van der Waals surface area contributed by atoms with Crippen LogP contribution in [-0.4, -0.2) is 23.6 Å². The molecule has 108 valence electrons. The van der Waals surface area contributed by atoms with Crippen molar-refractivity contribution in [2.75, 3.05) is 0 Å². The molecule has 8 heteroatoms. The molecular formula is C10H14ClF5O2. The van der Waals surface area contributed by atoms with Crippen molar-refractivity contribution in [3.05, 3.63) is 0 Å². The number of hydrogen-bond donors (Lipinski definition) is 0. The summed E-state index contributed by atoms with van der Waals surface area (Å²) in [4.78, 5) is 11.0. The molecule has 2 nitrogen and oxygen atoms in total. The van der Waals surface area contributed by atoms with Gasteiger partial charge in [-0.05, 0) is 18.0 Å². The van der Waals surface area contributed by atoms with Crippen molar-refractivity contribution in [2.45, 2.75) is 56.7 Å². The molecule has 0 amide bonds. The van der Waals surface area contributed by atoms with Crippen molar-refractivity contribution in [3.63, 3.8) is 0 Å². The van der Waals surface area contributed by atoms with E-state index < -0.39 is 23.6 Å². The van der Waals surface area contributed by atoms with Crippen LogP contribution in [0.15, 0.2) is 0 Å². The Morgan fingerprint density at radius 3 is 2.11 bits per heavy atom. The van der Waals surface area contributed by atoms with E-state index in [1.54, 1.807) is 0 Å². The molecule has 0 fully saturated rings. The maximum Gasteiger partial charge on any atom is 0.432 e. The second-order valence-corrected chi connectivity index (χ2v) is 4.27. The van der Waals surface area contributed by atoms with Crippen LogP contribution in [0.3, 0.4) is 0 Å². The Balaban J connectivity index is 4.30. The smallest absolute Gasteiger partial charge is 0.432 e. The number of carbonyl (C=O) groups is 1. The molecule has 0 radical (unpaired) electrons. The first-order chi connectivity index (χ1) is 8.09. The lowest BCUT2D eigenvalue weighted by Crippen LogP contribution is -2.44. The van der Waals surface area contributed by atoms with E-state index in [9.17, 15) is 26.7 Å². The van der Waals surface area contributed by atoms with Crippen LogP contribution in [0.5, 0.6) is 0 Å². The van der Waals surface area contributed by atoms with E-state index in [-0.39, 0.29) is 6.42 Å². The van der Waals surface area contributed by atoms with E-state index in [2.05, 4.69) is 16.3 Å². The van der Waals surface area contributed by atoms with Gasteiger partial charge in [-0.1, -0.05) is 26.2 Å². The van der Waals surface area contributed by atoms with E-state index in [4.69, 9.17) is 0 Å². The number of alkyl halides is 6. The van der Waals surface area contributed by atoms with Crippen LogP contribution >= 0.6 is 11.6 Å². The highest BCUT2D eigenvalue weighted by atomic mass is 35.5. The van der Waals surface area contributed by atoms with E-state index in [0.717, 1.165) is 12.8 Å². The summed E-state index contributed by atoms with van der Waals surface area (Å²) in [7, 11) is 0. The summed E-state index contributed by atoms with van der Waals surface area (Å²) < 4.78 is 65.2. The van der Waals surface area contributed by atoms with Crippen molar-refractivity contribution < 1.29 is 31.5 Å². The monoisotopic (exact) mass is 296 g/mol. The fourth-order valence-electron chi connectivity index (χ4n) is 1.21. The molecule has 0 aromatic carbocycles. The summed E-state index contributed by atoms with van der Waals surface area (Å²) in [6.07, 6.45) is -6.73. The summed E-state index contributed by atoms with van der Waals surface area (Å²) in [5.74, 6) is -1.33. The summed E-state index contributed by atoms with van der Waals surface area (Å²) in [5.41, 5.74) is 0. The van der Waals surface area contributed by atoms with Crippen LogP contribution in [0.25, 0.3) is 0 Å². The molecule has 1 unspecified atom stereocenters. The van der Waals surface area contributed by atoms with E-state index in [1.165, 1.54) is 0 Å². The van der Waals surface area contributed by atoms with Crippen LogP contribution in [0, 0.1) is 0 Å². The molecule has 0 aliphatic carbocycles. The van der Waals surface area contributed by atoms with Gasteiger partial charge in [0.2, 0.25) is 0 Å². The first-order valence-electron chi connectivity index (χ1n) is 5.42. The lowest BCUT2D eigenvalue weighted by Gasteiger charge is -2.23. The number of ether oxygens (including phenoxy) is 1. The van der Waals surface area contributed by atoms with Gasteiger partial charge in [0.15, 0.2) is 0 Å². The van der Waals surface area contributed by atoms with Gasteiger partial charge in [0.1, 0.15) is 0 Å². The number of unbranched alkanes of at least 4 members (excludes halogenated alkanes) is 3. The highest BCUT2D eigenvalue weighted by Crippen LogP contribution is 2.37. The quantitative estimate of drug-likeness (QED) is 0.304. The largest absolute Gasteiger partial charge is 0.445 e. The van der Waals surface area contributed by atoms with Crippen molar-refractivity contribution in [2.24, 2.45) is 0 Å². The molecule has 0 bridgehead atoms. The van der Waals surface area contributed by atoms with Gasteiger partial charge >= 0.3 is 17.5 Å². The first kappa shape index (κ1) is 17.4. The lowest BCUT2D eigenvalue weighted by atomic mass is 10.1. The number of hydrogen-bond acceptors (Lipinski definition) is 2. The van der Waals surface area contributed by atoms with Gasteiger partial charge in [0, 0.05) is 6.42 Å². The van der Waals surface area contributed by atoms with Gasteiger partial charge in [-0.15, -0.1) is 0 Å². The average Bonchev–Trinajstić information content (AvgIpc) is 2.18. The maximum absolute atomic E-state index is 12.5. The Labute approximate surface area is 106 Å². The molecule has 0 rings (SSSR count). The topological polar surface area (TPSA) is 26.3 Å². The minimum absolute atomic E-state index is 0.297. The third-order valence-corrected chi connectivity index (χ3v) is 2.28. The van der Waals surface area contributed by atoms with Crippen LogP contribution in [-0.2, 0) is 9.53 Å². The molecule has 0 spiro atoms. The molecule has 0 heterocycles. The Morgan fingerprint density at radius 1 is 1.17 bits per heavy atom. The van der Waals surface area contributed by atoms with Gasteiger partial charge < -0.3 is 4.74 Å². The maximum atomic E-state index is 12.5. The van der Waals surface area contributed by atoms with Gasteiger partial charge in [0.25, 0.3) is 6.10 Å². The fourth-order valence-corrected chi connectivity index (χ4v) is 1.37. The van der Waals surface area contributed by atoms with Crippen LogP contribution in [0.1, 0.15) is 39.0 Å². The number of carbonyl (C=O) groups excluding carboxylic acids is 1. The van der Waals surface area contributed by atoms with Crippen molar-refractivity contribution in [3.8, 4) is 0 Å². The Hall–Kier alpha value is -0.590. The van der Waals surface area contributed by atoms with E-state index in [0.29, 0.717) is 12.8 Å². The molecule has 0 N–H and O–H groups in total. The molecule has 1 atom stereocenters. The molecule has 0 saturated carbocycles. The average molecular weight is 297 g/mol. The molecule has 0 aromatic heterocycles. The van der Waals surface area contributed by atoms with E-state index >= 15 is 0 Å². The number of halogens is 6. The summed E-state index contributed by atoms with van der Waals surface area (Å²) in [6, 6.07) is 0. The third-order valence-electron chi connectivity index (χ3n) is 2.08. The zero-order chi connectivity index (χ0) is 14.4. The zero-order valence-electron chi connectivity index (χ0n) is 9.70. The Bertz CT molecular complexity index is 248. The summed E-state index contributed by atoms with van der Waals surface area (Å²) in [5, 5.41) is -4.67. The molecule has 0 aliphatic heterocycles. The van der Waals surface area contributed by atoms with Gasteiger partial charge in [-0.3, -0.25) is 4.79 Å². The van der Waals surface area contributed by atoms with Crippen LogP contribution in [0.2, 0.25) is 0 Å². The van der Waals surface area contributed by atoms with Crippen molar-refractivity contribution in [1.82, 2.24) is 0 Å². The first-order valence-corrected chi connectivity index (χ1v) is 5.79. The predicted molar refractivity (Wildman–Crippen MR) is 55.5 cm³/mol. The number of rotatable bonds is 7. The lowest BCUT2D eigenvalue weighted by molar-refractivity contribution is -0.258. The van der Waals surface area contributed by atoms with Gasteiger partial charge in [-0.2, -0.15) is 22.0 Å². The van der Waals surface area contributed by atoms with Crippen LogP contribution < -0.4 is 0 Å². The molecule has 0 aliphatic rings. The van der Waals surface area contributed by atoms with Gasteiger partial charge in [-0.25, -0.2) is 0 Å². The summed E-state index contributed by atoms with van der Waals surface area (Å²) in [6.45, 7) is 1.91. The zero-order valence-corrected chi connectivity index (χ0v) is 10.5. The molecule has 18 heavy (non-hydrogen) atoms. The minimum atomic E-state index is -5.40. The molecule has 0 saturated heterocycles. The second-order valence-electron chi connectivity index (χ2n) is 3.76. The minimum Gasteiger partial charge on any atom is -0.445 e. The Kier molecular flexibility index (Phi) is 6.88. The van der Waals surface area contributed by atoms with E-state index in [1.807, 2.05) is 6.92 Å². The van der Waals surface area contributed by atoms with Gasteiger partial charge in [0.05, 0.1) is 0 Å². The number of esters is 1. The highest BCUT2D eigenvalue weighted by Gasteiger charge is 2.58. The third kappa shape index (κ3) is 6.98. The standard InChI is InChI=1S/C10H14ClF5O2/c1-2-3-4-5-6-7(17)18-8(9(11,12)13)10(14,15)16/h8H,2-6H2,1H3. The SMILES string of the molecule is CCCCCCC(=O)OC(C(F)(F)F)C(F)(F)Cl. The molecular weight excluding hydrogens is 283 g/mol. The van der Waals surface area contributed by atoms with Crippen molar-refractivity contribution >= 4 is 17.6 Å². The second kappa shape index (κ2) is 7.11. The van der Waals surface area contributed by atoms with Crippen molar-refractivity contribution in [1.29, 1.82) is 0 Å². The Morgan fingerprint density at radius 2 is 1.72 bits per heavy atom.